The van der Waals surface area contributed by atoms with Crippen LogP contribution in [0.25, 0.3) is 0 Å². The first-order valence-corrected chi connectivity index (χ1v) is 11.0. The fourth-order valence-corrected chi connectivity index (χ4v) is 2.80. The molecule has 1 N–H and O–H groups in total. The van der Waals surface area contributed by atoms with E-state index >= 15 is 0 Å². The zero-order valence-corrected chi connectivity index (χ0v) is 22.9. The number of nitrogens with zero attached hydrogens (tertiary/aromatic N) is 1. The quantitative estimate of drug-likeness (QED) is 0.293. The van der Waals surface area contributed by atoms with Gasteiger partial charge in [0.1, 0.15) is 0 Å². The van der Waals surface area contributed by atoms with Crippen LogP contribution in [0.3, 0.4) is 0 Å². The third-order valence-corrected chi connectivity index (χ3v) is 4.31. The Morgan fingerprint density at radius 2 is 1.35 bits per heavy atom. The van der Waals surface area contributed by atoms with E-state index in [1.807, 2.05) is 30.5 Å². The summed E-state index contributed by atoms with van der Waals surface area (Å²) in [6, 6.07) is 16.4. The van der Waals surface area contributed by atoms with Gasteiger partial charge in [-0.15, -0.1) is 0 Å². The van der Waals surface area contributed by atoms with Crippen LogP contribution < -0.4 is 29.6 Å². The predicted molar refractivity (Wildman–Crippen MR) is 124 cm³/mol. The second-order valence-electron chi connectivity index (χ2n) is 7.18. The fraction of sp³-hybridized carbons (Fsp3) is 0.500. The molecular weight excluding hydrogens is 440 g/mol. The smallest absolute Gasteiger partial charge is 0.481 e. The number of hydrogen-bond donors (Lipinski definition) is 1. The molecule has 0 atom stereocenters. The van der Waals surface area contributed by atoms with E-state index in [4.69, 9.17) is 9.90 Å². The molecule has 1 aromatic heterocycles. The SMILES string of the molecule is CC(=O)O.[CH2-]CCCCCCCCCCC.[Co].[Na+].c1ccc(Cc2ccccn2)cc1. The monoisotopic (exact) mass is 480 g/mol. The zero-order valence-electron chi connectivity index (χ0n) is 19.8. The average molecular weight is 481 g/mol. The zero-order chi connectivity index (χ0) is 21.6. The first-order chi connectivity index (χ1) is 14.1. The van der Waals surface area contributed by atoms with Crippen molar-refractivity contribution in [2.75, 3.05) is 0 Å². The first-order valence-electron chi connectivity index (χ1n) is 11.0. The minimum atomic E-state index is -0.833. The summed E-state index contributed by atoms with van der Waals surface area (Å²) < 4.78 is 0. The molecule has 2 aromatic rings. The van der Waals surface area contributed by atoms with Crippen LogP contribution in [0.5, 0.6) is 0 Å². The van der Waals surface area contributed by atoms with Gasteiger partial charge < -0.3 is 12.0 Å². The second kappa shape index (κ2) is 27.4. The molecule has 0 fully saturated rings. The molecule has 0 spiro atoms. The van der Waals surface area contributed by atoms with Gasteiger partial charge in [-0.25, -0.2) is 0 Å². The Balaban J connectivity index is -0.000000411. The molecule has 1 aromatic carbocycles. The van der Waals surface area contributed by atoms with Crippen molar-refractivity contribution in [2.24, 2.45) is 0 Å². The predicted octanol–water partition coefficient (Wildman–Crippen LogP) is 4.51. The number of aliphatic carboxylic acids is 1. The maximum atomic E-state index is 9.00. The van der Waals surface area contributed by atoms with E-state index in [0.29, 0.717) is 0 Å². The van der Waals surface area contributed by atoms with Crippen molar-refractivity contribution in [3.8, 4) is 0 Å². The van der Waals surface area contributed by atoms with Crippen molar-refractivity contribution < 1.29 is 56.2 Å². The molecular formula is C26H40CoNNaO2. The third kappa shape index (κ3) is 27.3. The molecule has 0 unspecified atom stereocenters. The minimum Gasteiger partial charge on any atom is -0.481 e. The molecule has 31 heavy (non-hydrogen) atoms. The van der Waals surface area contributed by atoms with Gasteiger partial charge in [0.15, 0.2) is 0 Å². The summed E-state index contributed by atoms with van der Waals surface area (Å²) in [4.78, 5) is 13.3. The van der Waals surface area contributed by atoms with Crippen molar-refractivity contribution >= 4 is 5.97 Å². The van der Waals surface area contributed by atoms with Crippen molar-refractivity contribution in [2.45, 2.75) is 84.5 Å². The molecule has 3 nitrogen and oxygen atoms in total. The summed E-state index contributed by atoms with van der Waals surface area (Å²) in [5.41, 5.74) is 2.43. The Labute approximate surface area is 223 Å². The van der Waals surface area contributed by atoms with Crippen LogP contribution in [-0.4, -0.2) is 16.1 Å². The van der Waals surface area contributed by atoms with Gasteiger partial charge in [0.05, 0.1) is 0 Å². The molecule has 0 saturated heterocycles. The molecule has 0 saturated carbocycles. The van der Waals surface area contributed by atoms with E-state index in [0.717, 1.165) is 25.5 Å². The average Bonchev–Trinajstić information content (AvgIpc) is 2.72. The van der Waals surface area contributed by atoms with Crippen LogP contribution in [0.1, 0.15) is 89.3 Å². The largest absolute Gasteiger partial charge is 1.00 e. The molecule has 0 bridgehead atoms. The summed E-state index contributed by atoms with van der Waals surface area (Å²) in [5, 5.41) is 7.42. The number of aromatic nitrogens is 1. The second-order valence-corrected chi connectivity index (χ2v) is 7.18. The summed E-state index contributed by atoms with van der Waals surface area (Å²) in [6.45, 7) is 7.20. The number of hydrogen-bond acceptors (Lipinski definition) is 2. The van der Waals surface area contributed by atoms with Gasteiger partial charge in [0, 0.05) is 42.0 Å². The van der Waals surface area contributed by atoms with E-state index in [9.17, 15) is 0 Å². The van der Waals surface area contributed by atoms with Crippen LogP contribution in [-0.2, 0) is 28.0 Å². The third-order valence-electron chi connectivity index (χ3n) is 4.31. The van der Waals surface area contributed by atoms with Gasteiger partial charge in [-0.2, -0.15) is 6.42 Å². The summed E-state index contributed by atoms with van der Waals surface area (Å²) in [6.07, 6.45) is 16.6. The molecule has 1 radical (unpaired) electrons. The van der Waals surface area contributed by atoms with Crippen LogP contribution in [0, 0.1) is 6.92 Å². The van der Waals surface area contributed by atoms with E-state index in [1.54, 1.807) is 0 Å². The Morgan fingerprint density at radius 1 is 0.871 bits per heavy atom. The van der Waals surface area contributed by atoms with Gasteiger partial charge >= 0.3 is 29.6 Å². The number of carbonyl (C=O) groups is 1. The van der Waals surface area contributed by atoms with Crippen LogP contribution in [0.4, 0.5) is 0 Å². The molecule has 0 aliphatic rings. The molecule has 2 rings (SSSR count). The van der Waals surface area contributed by atoms with Gasteiger partial charge in [0.2, 0.25) is 0 Å². The molecule has 0 amide bonds. The van der Waals surface area contributed by atoms with Crippen molar-refractivity contribution in [1.82, 2.24) is 4.98 Å². The molecule has 5 heteroatoms. The Kier molecular flexibility index (Phi) is 30.9. The summed E-state index contributed by atoms with van der Waals surface area (Å²) in [7, 11) is 0. The standard InChI is InChI=1S/C12H11N.C12H25.C2H4O2.Co.Na/c1-2-6-11(7-3-1)10-12-8-4-5-9-13-12;1-3-5-7-9-11-12-10-8-6-4-2;1-2(3)4;;/h1-9H,10H2;1,3-12H2,2H3;1H3,(H,3,4);;/q;-1;;;+1. The topological polar surface area (TPSA) is 50.2 Å². The maximum Gasteiger partial charge on any atom is 1.00 e. The van der Waals surface area contributed by atoms with Crippen LogP contribution >= 0.6 is 0 Å². The Morgan fingerprint density at radius 3 is 1.81 bits per heavy atom. The van der Waals surface area contributed by atoms with E-state index in [2.05, 4.69) is 43.1 Å². The number of rotatable bonds is 11. The Hall–Kier alpha value is -0.654. The fourth-order valence-electron chi connectivity index (χ4n) is 2.80. The number of carboxylic acid groups (broad SMARTS) is 1. The molecule has 171 valence electrons. The van der Waals surface area contributed by atoms with Crippen molar-refractivity contribution in [3.05, 3.63) is 72.9 Å². The number of unbranched alkanes of at least 4 members (excludes halogenated alkanes) is 9. The van der Waals surface area contributed by atoms with E-state index < -0.39 is 5.97 Å². The van der Waals surface area contributed by atoms with Crippen LogP contribution in [0.15, 0.2) is 54.7 Å². The summed E-state index contributed by atoms with van der Waals surface area (Å²) in [5.74, 6) is -0.833. The molecule has 0 aliphatic heterocycles. The van der Waals surface area contributed by atoms with Gasteiger partial charge in [-0.3, -0.25) is 9.78 Å². The molecule has 1 heterocycles. The number of pyridine rings is 1. The molecule has 0 aliphatic carbocycles. The number of benzene rings is 1. The minimum absolute atomic E-state index is 0. The van der Waals surface area contributed by atoms with Gasteiger partial charge in [-0.1, -0.05) is 101 Å². The first kappa shape index (κ1) is 34.9. The van der Waals surface area contributed by atoms with Crippen LogP contribution in [0.2, 0.25) is 0 Å². The van der Waals surface area contributed by atoms with Gasteiger partial charge in [0.25, 0.3) is 5.97 Å². The van der Waals surface area contributed by atoms with Crippen molar-refractivity contribution in [3.63, 3.8) is 0 Å². The number of carboxylic acids is 1. The van der Waals surface area contributed by atoms with Crippen molar-refractivity contribution in [1.29, 1.82) is 0 Å². The van der Waals surface area contributed by atoms with Gasteiger partial charge in [-0.05, 0) is 17.7 Å². The van der Waals surface area contributed by atoms with E-state index in [1.165, 1.54) is 63.4 Å². The van der Waals surface area contributed by atoms with E-state index in [-0.39, 0.29) is 46.3 Å². The normalized spacial score (nSPS) is 9.00. The summed E-state index contributed by atoms with van der Waals surface area (Å²) >= 11 is 0. The maximum absolute atomic E-state index is 9.00. The Bertz CT molecular complexity index is 545.